The van der Waals surface area contributed by atoms with Gasteiger partial charge in [-0.25, -0.2) is 4.99 Å². The Balaban J connectivity index is 1.59. The number of aliphatic hydroxyl groups is 1. The van der Waals surface area contributed by atoms with E-state index < -0.39 is 5.54 Å². The average molecular weight is 583 g/mol. The fourth-order valence-electron chi connectivity index (χ4n) is 4.22. The van der Waals surface area contributed by atoms with Crippen LogP contribution in [0.3, 0.4) is 0 Å². The number of aliphatic hydroxyl groups excluding tert-OH is 1. The van der Waals surface area contributed by atoms with E-state index in [2.05, 4.69) is 21.2 Å². The van der Waals surface area contributed by atoms with Gasteiger partial charge in [0.1, 0.15) is 12.4 Å². The highest BCUT2D eigenvalue weighted by atomic mass is 79.9. The van der Waals surface area contributed by atoms with Gasteiger partial charge in [0.2, 0.25) is 5.90 Å². The van der Waals surface area contributed by atoms with Crippen LogP contribution in [0, 0.1) is 0 Å². The Hall–Kier alpha value is -3.56. The highest BCUT2D eigenvalue weighted by Gasteiger charge is 2.44. The predicted octanol–water partition coefficient (Wildman–Crippen LogP) is 4.30. The van der Waals surface area contributed by atoms with Crippen molar-refractivity contribution in [3.63, 3.8) is 0 Å². The lowest BCUT2D eigenvalue weighted by atomic mass is 9.91. The van der Waals surface area contributed by atoms with E-state index in [9.17, 15) is 4.79 Å². The molecule has 2 N–H and O–H groups in total. The van der Waals surface area contributed by atoms with Crippen LogP contribution in [0.15, 0.2) is 76.2 Å². The molecule has 9 heteroatoms. The highest BCUT2D eigenvalue weighted by molar-refractivity contribution is 9.10. The molecule has 1 aliphatic rings. The lowest BCUT2D eigenvalue weighted by Gasteiger charge is -2.24. The van der Waals surface area contributed by atoms with Gasteiger partial charge in [0.05, 0.1) is 20.8 Å². The lowest BCUT2D eigenvalue weighted by molar-refractivity contribution is -0.126. The summed E-state index contributed by atoms with van der Waals surface area (Å²) in [7, 11) is 3.15. The minimum Gasteiger partial charge on any atom is -0.494 e. The van der Waals surface area contributed by atoms with Crippen LogP contribution < -0.4 is 19.5 Å². The molecule has 0 aromatic heterocycles. The molecule has 4 rings (SSSR count). The predicted molar refractivity (Wildman–Crippen MR) is 148 cm³/mol. The number of nitrogens with one attached hydrogen (secondary N) is 1. The van der Waals surface area contributed by atoms with Crippen molar-refractivity contribution in [2.24, 2.45) is 4.99 Å². The number of amides is 1. The van der Waals surface area contributed by atoms with Crippen LogP contribution in [0.5, 0.6) is 17.2 Å². The number of ether oxygens (including phenoxy) is 4. The van der Waals surface area contributed by atoms with Crippen LogP contribution in [-0.4, -0.2) is 56.5 Å². The van der Waals surface area contributed by atoms with Gasteiger partial charge in [0, 0.05) is 41.6 Å². The first kappa shape index (κ1) is 27.5. The number of para-hydroxylation sites is 1. The van der Waals surface area contributed by atoms with Gasteiger partial charge in [-0.15, -0.1) is 0 Å². The summed E-state index contributed by atoms with van der Waals surface area (Å²) in [6.07, 6.45) is 0.910. The number of hydrogen-bond acceptors (Lipinski definition) is 7. The van der Waals surface area contributed by atoms with Gasteiger partial charge in [-0.3, -0.25) is 4.79 Å². The van der Waals surface area contributed by atoms with Crippen LogP contribution in [0.2, 0.25) is 0 Å². The first-order valence-electron chi connectivity index (χ1n) is 12.3. The molecule has 3 aromatic carbocycles. The second-order valence-corrected chi connectivity index (χ2v) is 9.65. The fourth-order valence-corrected chi connectivity index (χ4v) is 4.64. The van der Waals surface area contributed by atoms with Crippen LogP contribution in [-0.2, 0) is 22.5 Å². The van der Waals surface area contributed by atoms with Crippen LogP contribution in [0.1, 0.15) is 23.1 Å². The molecule has 200 valence electrons. The summed E-state index contributed by atoms with van der Waals surface area (Å²) in [4.78, 5) is 18.6. The number of rotatable bonds is 12. The summed E-state index contributed by atoms with van der Waals surface area (Å²) in [5.41, 5.74) is 1.32. The van der Waals surface area contributed by atoms with Gasteiger partial charge < -0.3 is 29.4 Å². The van der Waals surface area contributed by atoms with Gasteiger partial charge in [-0.1, -0.05) is 46.3 Å². The normalized spacial score (nSPS) is 16.4. The molecule has 0 unspecified atom stereocenters. The number of hydrogen-bond donors (Lipinski definition) is 2. The van der Waals surface area contributed by atoms with Gasteiger partial charge in [0.25, 0.3) is 5.91 Å². The second kappa shape index (κ2) is 12.8. The van der Waals surface area contributed by atoms with Crippen molar-refractivity contribution in [3.05, 3.63) is 87.9 Å². The standard InChI is InChI=1S/C29H31BrN2O6/c1-35-25-10-5-8-22(26(25)36-2)18-31-28(34)29(17-21-7-3-4-9-24(21)30)19-38-27(32-29)20-11-13-23(14-12-20)37-16-6-15-33/h3-5,7-14,33H,6,15-19H2,1-2H3,(H,31,34)/t29-/m1/s1. The van der Waals surface area contributed by atoms with E-state index in [0.29, 0.717) is 42.6 Å². The molecule has 0 fully saturated rings. The largest absolute Gasteiger partial charge is 0.494 e. The number of aliphatic imine (C=N–C) groups is 1. The highest BCUT2D eigenvalue weighted by Crippen LogP contribution is 2.32. The summed E-state index contributed by atoms with van der Waals surface area (Å²) in [5, 5.41) is 12.0. The Morgan fingerprint density at radius 2 is 1.82 bits per heavy atom. The molecule has 0 saturated carbocycles. The lowest BCUT2D eigenvalue weighted by Crippen LogP contribution is -2.48. The van der Waals surface area contributed by atoms with Crippen LogP contribution in [0.4, 0.5) is 0 Å². The van der Waals surface area contributed by atoms with E-state index in [1.54, 1.807) is 14.2 Å². The van der Waals surface area contributed by atoms with Crippen molar-refractivity contribution in [3.8, 4) is 17.2 Å². The van der Waals surface area contributed by atoms with Gasteiger partial charge >= 0.3 is 0 Å². The molecule has 0 saturated heterocycles. The number of nitrogens with zero attached hydrogens (tertiary/aromatic N) is 1. The number of benzene rings is 3. The Bertz CT molecular complexity index is 1280. The molecule has 0 radical (unpaired) electrons. The van der Waals surface area contributed by atoms with Crippen LogP contribution >= 0.6 is 15.9 Å². The monoisotopic (exact) mass is 582 g/mol. The summed E-state index contributed by atoms with van der Waals surface area (Å²) in [6, 6.07) is 20.7. The first-order chi connectivity index (χ1) is 18.5. The molecule has 1 heterocycles. The molecule has 38 heavy (non-hydrogen) atoms. The zero-order valence-corrected chi connectivity index (χ0v) is 23.0. The summed E-state index contributed by atoms with van der Waals surface area (Å²) in [5.74, 6) is 1.99. The molecule has 0 spiro atoms. The zero-order chi connectivity index (χ0) is 27.0. The molecule has 1 atom stereocenters. The number of halogens is 1. The number of carbonyl (C=O) groups is 1. The smallest absolute Gasteiger partial charge is 0.252 e. The Kier molecular flexibility index (Phi) is 9.25. The van der Waals surface area contributed by atoms with E-state index in [-0.39, 0.29) is 25.7 Å². The summed E-state index contributed by atoms with van der Waals surface area (Å²) < 4.78 is 23.4. The van der Waals surface area contributed by atoms with Crippen molar-refractivity contribution in [1.82, 2.24) is 5.32 Å². The van der Waals surface area contributed by atoms with Gasteiger partial charge in [-0.2, -0.15) is 0 Å². The van der Waals surface area contributed by atoms with Crippen molar-refractivity contribution in [2.45, 2.75) is 24.9 Å². The molecular formula is C29H31BrN2O6. The maximum absolute atomic E-state index is 13.8. The third-order valence-corrected chi connectivity index (χ3v) is 7.00. The van der Waals surface area contributed by atoms with Crippen molar-refractivity contribution >= 4 is 27.7 Å². The first-order valence-corrected chi connectivity index (χ1v) is 13.1. The minimum absolute atomic E-state index is 0.0784. The van der Waals surface area contributed by atoms with Gasteiger partial charge in [-0.05, 0) is 42.0 Å². The third-order valence-electron chi connectivity index (χ3n) is 6.22. The number of carbonyl (C=O) groups excluding carboxylic acids is 1. The topological polar surface area (TPSA) is 98.6 Å². The average Bonchev–Trinajstić information content (AvgIpc) is 3.38. The second-order valence-electron chi connectivity index (χ2n) is 8.79. The molecule has 0 bridgehead atoms. The molecule has 1 amide bonds. The summed E-state index contributed by atoms with van der Waals surface area (Å²) in [6.45, 7) is 0.844. The summed E-state index contributed by atoms with van der Waals surface area (Å²) >= 11 is 3.60. The van der Waals surface area contributed by atoms with E-state index >= 15 is 0 Å². The zero-order valence-electron chi connectivity index (χ0n) is 21.4. The van der Waals surface area contributed by atoms with Crippen molar-refractivity contribution < 1.29 is 28.8 Å². The van der Waals surface area contributed by atoms with Crippen molar-refractivity contribution in [1.29, 1.82) is 0 Å². The Morgan fingerprint density at radius 1 is 1.05 bits per heavy atom. The maximum atomic E-state index is 13.8. The molecule has 3 aromatic rings. The molecule has 0 aliphatic carbocycles. The Morgan fingerprint density at radius 3 is 2.53 bits per heavy atom. The molecular weight excluding hydrogens is 552 g/mol. The molecule has 8 nitrogen and oxygen atoms in total. The number of methoxy groups -OCH3 is 2. The van der Waals surface area contributed by atoms with Crippen molar-refractivity contribution in [2.75, 3.05) is 34.0 Å². The maximum Gasteiger partial charge on any atom is 0.252 e. The minimum atomic E-state index is -1.17. The fraction of sp³-hybridized carbons (Fsp3) is 0.310. The third kappa shape index (κ3) is 6.28. The molecule has 1 aliphatic heterocycles. The quantitative estimate of drug-likeness (QED) is 0.309. The van der Waals surface area contributed by atoms with E-state index in [1.807, 2.05) is 66.7 Å². The SMILES string of the molecule is COc1cccc(CNC(=O)[C@@]2(Cc3ccccc3Br)COC(c3ccc(OCCCO)cc3)=N2)c1OC. The van der Waals surface area contributed by atoms with E-state index in [4.69, 9.17) is 29.0 Å². The van der Waals surface area contributed by atoms with E-state index in [0.717, 1.165) is 21.2 Å². The van der Waals surface area contributed by atoms with E-state index in [1.165, 1.54) is 0 Å². The van der Waals surface area contributed by atoms with Crippen LogP contribution in [0.25, 0.3) is 0 Å². The Labute approximate surface area is 230 Å². The van der Waals surface area contributed by atoms with Gasteiger partial charge in [0.15, 0.2) is 17.0 Å².